The summed E-state index contributed by atoms with van der Waals surface area (Å²) in [5, 5.41) is 6.56. The SMILES string of the molecule is CCNC(=NCc1ccc(F)c(Cl)c1)NCCCOC1CCOC1. The summed E-state index contributed by atoms with van der Waals surface area (Å²) in [6.07, 6.45) is 2.12. The maximum atomic E-state index is 13.2. The van der Waals surface area contributed by atoms with Crippen LogP contribution in [0, 0.1) is 5.82 Å². The summed E-state index contributed by atoms with van der Waals surface area (Å²) < 4.78 is 24.2. The van der Waals surface area contributed by atoms with E-state index in [-0.39, 0.29) is 11.1 Å². The Balaban J connectivity index is 1.72. The number of guanidine groups is 1. The molecule has 1 aliphatic rings. The van der Waals surface area contributed by atoms with Crippen molar-refractivity contribution in [3.63, 3.8) is 0 Å². The Kier molecular flexibility index (Phi) is 8.28. The third-order valence-electron chi connectivity index (χ3n) is 3.60. The summed E-state index contributed by atoms with van der Waals surface area (Å²) in [5.74, 6) is 0.309. The van der Waals surface area contributed by atoms with Crippen LogP contribution in [0.4, 0.5) is 4.39 Å². The lowest BCUT2D eigenvalue weighted by molar-refractivity contribution is 0.0420. The van der Waals surface area contributed by atoms with Crippen LogP contribution in [-0.4, -0.2) is 45.0 Å². The number of aliphatic imine (C=N–C) groups is 1. The molecule has 2 N–H and O–H groups in total. The van der Waals surface area contributed by atoms with Gasteiger partial charge < -0.3 is 20.1 Å². The zero-order valence-electron chi connectivity index (χ0n) is 14.0. The lowest BCUT2D eigenvalue weighted by Gasteiger charge is -2.13. The van der Waals surface area contributed by atoms with E-state index < -0.39 is 5.82 Å². The molecule has 0 amide bonds. The minimum absolute atomic E-state index is 0.119. The van der Waals surface area contributed by atoms with E-state index in [4.69, 9.17) is 21.1 Å². The van der Waals surface area contributed by atoms with Gasteiger partial charge in [-0.25, -0.2) is 9.38 Å². The number of nitrogens with one attached hydrogen (secondary N) is 2. The molecule has 0 aliphatic carbocycles. The van der Waals surface area contributed by atoms with Gasteiger partial charge in [-0.2, -0.15) is 0 Å². The highest BCUT2D eigenvalue weighted by Crippen LogP contribution is 2.16. The Labute approximate surface area is 147 Å². The second-order valence-corrected chi connectivity index (χ2v) is 5.99. The second-order valence-electron chi connectivity index (χ2n) is 5.58. The fraction of sp³-hybridized carbons (Fsp3) is 0.588. The molecule has 0 radical (unpaired) electrons. The Morgan fingerprint density at radius 1 is 1.46 bits per heavy atom. The fourth-order valence-corrected chi connectivity index (χ4v) is 2.53. The van der Waals surface area contributed by atoms with Crippen molar-refractivity contribution in [2.24, 2.45) is 4.99 Å². The highest BCUT2D eigenvalue weighted by Gasteiger charge is 2.15. The summed E-state index contributed by atoms with van der Waals surface area (Å²) in [4.78, 5) is 4.48. The van der Waals surface area contributed by atoms with Gasteiger partial charge in [-0.05, 0) is 37.5 Å². The number of ether oxygens (including phenoxy) is 2. The summed E-state index contributed by atoms with van der Waals surface area (Å²) in [6.45, 7) is 6.19. The van der Waals surface area contributed by atoms with Gasteiger partial charge in [0, 0.05) is 26.3 Å². The molecule has 1 aromatic carbocycles. The van der Waals surface area contributed by atoms with Gasteiger partial charge in [0.1, 0.15) is 5.82 Å². The van der Waals surface area contributed by atoms with Crippen molar-refractivity contribution < 1.29 is 13.9 Å². The first kappa shape index (κ1) is 19.0. The van der Waals surface area contributed by atoms with Crippen LogP contribution in [0.3, 0.4) is 0 Å². The lowest BCUT2D eigenvalue weighted by atomic mass is 10.2. The Morgan fingerprint density at radius 2 is 2.33 bits per heavy atom. The smallest absolute Gasteiger partial charge is 0.191 e. The molecule has 2 rings (SSSR count). The topological polar surface area (TPSA) is 54.9 Å². The molecule has 1 aromatic rings. The van der Waals surface area contributed by atoms with Crippen molar-refractivity contribution in [3.05, 3.63) is 34.6 Å². The van der Waals surface area contributed by atoms with Crippen molar-refractivity contribution in [1.82, 2.24) is 10.6 Å². The monoisotopic (exact) mass is 357 g/mol. The van der Waals surface area contributed by atoms with Crippen molar-refractivity contribution in [2.75, 3.05) is 32.9 Å². The molecular formula is C17H25ClFN3O2. The molecule has 5 nitrogen and oxygen atoms in total. The van der Waals surface area contributed by atoms with Crippen LogP contribution in [-0.2, 0) is 16.0 Å². The highest BCUT2D eigenvalue weighted by molar-refractivity contribution is 6.30. The molecule has 0 aromatic heterocycles. The minimum atomic E-state index is -0.415. The molecule has 134 valence electrons. The van der Waals surface area contributed by atoms with Gasteiger partial charge >= 0.3 is 0 Å². The fourth-order valence-electron chi connectivity index (χ4n) is 2.32. The van der Waals surface area contributed by atoms with Gasteiger partial charge in [-0.15, -0.1) is 0 Å². The molecule has 0 spiro atoms. The molecule has 24 heavy (non-hydrogen) atoms. The average Bonchev–Trinajstić information content (AvgIpc) is 3.08. The second kappa shape index (κ2) is 10.5. The molecule has 0 bridgehead atoms. The zero-order valence-corrected chi connectivity index (χ0v) is 14.7. The van der Waals surface area contributed by atoms with E-state index in [0.717, 1.165) is 44.1 Å². The van der Waals surface area contributed by atoms with Gasteiger partial charge in [0.25, 0.3) is 0 Å². The molecule has 1 unspecified atom stereocenters. The van der Waals surface area contributed by atoms with Crippen molar-refractivity contribution in [2.45, 2.75) is 32.4 Å². The number of halogens is 2. The van der Waals surface area contributed by atoms with Gasteiger partial charge in [-0.1, -0.05) is 17.7 Å². The molecule has 0 saturated carbocycles. The minimum Gasteiger partial charge on any atom is -0.379 e. The third kappa shape index (κ3) is 6.63. The third-order valence-corrected chi connectivity index (χ3v) is 3.89. The number of hydrogen-bond donors (Lipinski definition) is 2. The number of benzene rings is 1. The standard InChI is InChI=1S/C17H25ClFN3O2/c1-2-20-17(21-7-3-8-24-14-6-9-23-12-14)22-11-13-4-5-16(19)15(18)10-13/h4-5,10,14H,2-3,6-9,11-12H2,1H3,(H2,20,21,22). The average molecular weight is 358 g/mol. The first-order valence-electron chi connectivity index (χ1n) is 8.34. The van der Waals surface area contributed by atoms with Crippen LogP contribution in [0.25, 0.3) is 0 Å². The number of hydrogen-bond acceptors (Lipinski definition) is 3. The molecule has 1 heterocycles. The van der Waals surface area contributed by atoms with Gasteiger partial charge in [-0.3, -0.25) is 0 Å². The highest BCUT2D eigenvalue weighted by atomic mass is 35.5. The predicted octanol–water partition coefficient (Wildman–Crippen LogP) is 2.73. The van der Waals surface area contributed by atoms with E-state index in [1.165, 1.54) is 6.07 Å². The van der Waals surface area contributed by atoms with Crippen LogP contribution in [0.5, 0.6) is 0 Å². The van der Waals surface area contributed by atoms with Crippen molar-refractivity contribution >= 4 is 17.6 Å². The van der Waals surface area contributed by atoms with E-state index in [2.05, 4.69) is 15.6 Å². The van der Waals surface area contributed by atoms with Crippen LogP contribution < -0.4 is 10.6 Å². The molecule has 1 atom stereocenters. The summed E-state index contributed by atoms with van der Waals surface area (Å²) in [5.41, 5.74) is 0.864. The Bertz CT molecular complexity index is 537. The summed E-state index contributed by atoms with van der Waals surface area (Å²) >= 11 is 5.78. The quantitative estimate of drug-likeness (QED) is 0.427. The lowest BCUT2D eigenvalue weighted by Crippen LogP contribution is -2.38. The molecule has 1 fully saturated rings. The van der Waals surface area contributed by atoms with E-state index in [1.807, 2.05) is 6.92 Å². The molecule has 1 aliphatic heterocycles. The maximum Gasteiger partial charge on any atom is 0.191 e. The van der Waals surface area contributed by atoms with E-state index in [9.17, 15) is 4.39 Å². The van der Waals surface area contributed by atoms with Crippen LogP contribution >= 0.6 is 11.6 Å². The Hall–Kier alpha value is -1.37. The van der Waals surface area contributed by atoms with E-state index in [1.54, 1.807) is 12.1 Å². The van der Waals surface area contributed by atoms with Gasteiger partial charge in [0.15, 0.2) is 5.96 Å². The number of nitrogens with zero attached hydrogens (tertiary/aromatic N) is 1. The van der Waals surface area contributed by atoms with Gasteiger partial charge in [0.05, 0.1) is 24.3 Å². The maximum absolute atomic E-state index is 13.2. The van der Waals surface area contributed by atoms with Crippen LogP contribution in [0.1, 0.15) is 25.3 Å². The molecule has 7 heteroatoms. The van der Waals surface area contributed by atoms with E-state index in [0.29, 0.717) is 19.8 Å². The van der Waals surface area contributed by atoms with Crippen molar-refractivity contribution in [3.8, 4) is 0 Å². The van der Waals surface area contributed by atoms with Crippen molar-refractivity contribution in [1.29, 1.82) is 0 Å². The largest absolute Gasteiger partial charge is 0.379 e. The van der Waals surface area contributed by atoms with Crippen LogP contribution in [0.2, 0.25) is 5.02 Å². The Morgan fingerprint density at radius 3 is 3.04 bits per heavy atom. The van der Waals surface area contributed by atoms with E-state index >= 15 is 0 Å². The summed E-state index contributed by atoms with van der Waals surface area (Å²) in [6, 6.07) is 4.64. The first-order chi connectivity index (χ1) is 11.7. The predicted molar refractivity (Wildman–Crippen MR) is 94.0 cm³/mol. The van der Waals surface area contributed by atoms with Crippen LogP contribution in [0.15, 0.2) is 23.2 Å². The van der Waals surface area contributed by atoms with Gasteiger partial charge in [0.2, 0.25) is 0 Å². The zero-order chi connectivity index (χ0) is 17.2. The summed E-state index contributed by atoms with van der Waals surface area (Å²) in [7, 11) is 0. The normalized spacial score (nSPS) is 18.0. The molecular weight excluding hydrogens is 333 g/mol. The molecule has 1 saturated heterocycles. The number of rotatable bonds is 8. The first-order valence-corrected chi connectivity index (χ1v) is 8.72.